The van der Waals surface area contributed by atoms with Gasteiger partial charge in [-0.15, -0.1) is 0 Å². The van der Waals surface area contributed by atoms with Crippen LogP contribution in [0.2, 0.25) is 0 Å². The molecular formula is C27H30F3N5O. The molecule has 0 radical (unpaired) electrons. The molecule has 1 heterocycles. The average molecular weight is 498 g/mol. The van der Waals surface area contributed by atoms with Gasteiger partial charge in [0.05, 0.1) is 24.4 Å². The van der Waals surface area contributed by atoms with Gasteiger partial charge in [0.15, 0.2) is 0 Å². The first-order valence-electron chi connectivity index (χ1n) is 11.8. The lowest BCUT2D eigenvalue weighted by Gasteiger charge is -2.29. The lowest BCUT2D eigenvalue weighted by Crippen LogP contribution is -2.49. The standard InChI is InChI=1S/C27H30F3N5O/c1-3-19(2)24(16-33-26(27(28,29)30)22-7-5-4-6-8-22)34-25(36)13-23-15-32-18-35(23)17-21-11-9-20(14-31)10-12-21/h4-12,15,18-19,24,26,33H,3,13,16-17H2,1-2H3,(H,34,36)/t19-,24+,26?/m0/s1. The predicted molar refractivity (Wildman–Crippen MR) is 131 cm³/mol. The van der Waals surface area contributed by atoms with E-state index in [0.717, 1.165) is 5.56 Å². The van der Waals surface area contributed by atoms with E-state index in [0.29, 0.717) is 24.2 Å². The number of hydrogen-bond acceptors (Lipinski definition) is 4. The smallest absolute Gasteiger partial charge is 0.351 e. The van der Waals surface area contributed by atoms with Crippen molar-refractivity contribution in [2.24, 2.45) is 5.92 Å². The van der Waals surface area contributed by atoms with Crippen LogP contribution in [0.5, 0.6) is 0 Å². The summed E-state index contributed by atoms with van der Waals surface area (Å²) in [5.74, 6) is -0.318. The molecule has 0 bridgehead atoms. The molecule has 2 N–H and O–H groups in total. The van der Waals surface area contributed by atoms with Crippen LogP contribution in [0.3, 0.4) is 0 Å². The summed E-state index contributed by atoms with van der Waals surface area (Å²) in [5.41, 5.74) is 2.33. The number of nitrogens with zero attached hydrogens (tertiary/aromatic N) is 3. The van der Waals surface area contributed by atoms with Crippen molar-refractivity contribution in [2.75, 3.05) is 6.54 Å². The maximum atomic E-state index is 13.7. The maximum Gasteiger partial charge on any atom is 0.407 e. The number of alkyl halides is 3. The van der Waals surface area contributed by atoms with Crippen molar-refractivity contribution in [3.63, 3.8) is 0 Å². The lowest BCUT2D eigenvalue weighted by atomic mass is 9.97. The van der Waals surface area contributed by atoms with Crippen LogP contribution in [-0.2, 0) is 17.8 Å². The number of benzene rings is 2. The summed E-state index contributed by atoms with van der Waals surface area (Å²) < 4.78 is 43.1. The molecule has 0 saturated heterocycles. The van der Waals surface area contributed by atoms with Crippen molar-refractivity contribution in [1.29, 1.82) is 5.26 Å². The van der Waals surface area contributed by atoms with Crippen molar-refractivity contribution in [1.82, 2.24) is 20.2 Å². The van der Waals surface area contributed by atoms with Crippen LogP contribution < -0.4 is 10.6 Å². The molecule has 1 aromatic heterocycles. The summed E-state index contributed by atoms with van der Waals surface area (Å²) in [6, 6.07) is 14.6. The van der Waals surface area contributed by atoms with Crippen molar-refractivity contribution < 1.29 is 18.0 Å². The van der Waals surface area contributed by atoms with Crippen LogP contribution in [0.15, 0.2) is 67.1 Å². The summed E-state index contributed by atoms with van der Waals surface area (Å²) in [7, 11) is 0. The van der Waals surface area contributed by atoms with Crippen LogP contribution in [0.4, 0.5) is 13.2 Å². The maximum absolute atomic E-state index is 13.7. The molecule has 0 aliphatic heterocycles. The van der Waals surface area contributed by atoms with Gasteiger partial charge in [0, 0.05) is 31.0 Å². The number of amides is 1. The number of nitriles is 1. The molecule has 190 valence electrons. The first kappa shape index (κ1) is 27.0. The fraction of sp³-hybridized carbons (Fsp3) is 0.370. The zero-order chi connectivity index (χ0) is 26.1. The second-order valence-corrected chi connectivity index (χ2v) is 8.85. The number of rotatable bonds is 11. The Balaban J connectivity index is 1.65. The number of halogens is 3. The van der Waals surface area contributed by atoms with Crippen LogP contribution in [0, 0.1) is 17.2 Å². The minimum Gasteiger partial charge on any atom is -0.351 e. The molecule has 36 heavy (non-hydrogen) atoms. The highest BCUT2D eigenvalue weighted by atomic mass is 19.4. The van der Waals surface area contributed by atoms with Gasteiger partial charge in [0.2, 0.25) is 5.91 Å². The molecular weight excluding hydrogens is 467 g/mol. The van der Waals surface area contributed by atoms with Crippen LogP contribution >= 0.6 is 0 Å². The Morgan fingerprint density at radius 2 is 1.83 bits per heavy atom. The van der Waals surface area contributed by atoms with Gasteiger partial charge in [0.25, 0.3) is 0 Å². The molecule has 0 saturated carbocycles. The molecule has 2 aromatic carbocycles. The van der Waals surface area contributed by atoms with Gasteiger partial charge in [-0.2, -0.15) is 18.4 Å². The van der Waals surface area contributed by atoms with E-state index in [4.69, 9.17) is 5.26 Å². The molecule has 0 aliphatic carbocycles. The normalized spacial score (nSPS) is 14.0. The SMILES string of the molecule is CC[C@H](C)[C@@H](CNC(c1ccccc1)C(F)(F)F)NC(=O)Cc1cncn1Cc1ccc(C#N)cc1. The topological polar surface area (TPSA) is 82.7 Å². The zero-order valence-electron chi connectivity index (χ0n) is 20.3. The number of carbonyl (C=O) groups is 1. The van der Waals surface area contributed by atoms with E-state index in [1.807, 2.05) is 30.5 Å². The van der Waals surface area contributed by atoms with E-state index >= 15 is 0 Å². The number of hydrogen-bond donors (Lipinski definition) is 2. The van der Waals surface area contributed by atoms with Crippen LogP contribution in [-0.4, -0.2) is 34.2 Å². The molecule has 0 fully saturated rings. The second kappa shape index (κ2) is 12.4. The first-order valence-corrected chi connectivity index (χ1v) is 11.8. The quantitative estimate of drug-likeness (QED) is 0.400. The van der Waals surface area contributed by atoms with Gasteiger partial charge in [-0.3, -0.25) is 4.79 Å². The fourth-order valence-corrected chi connectivity index (χ4v) is 3.93. The zero-order valence-corrected chi connectivity index (χ0v) is 20.3. The minimum absolute atomic E-state index is 0.0235. The van der Waals surface area contributed by atoms with E-state index in [1.54, 1.807) is 42.9 Å². The summed E-state index contributed by atoms with van der Waals surface area (Å²) >= 11 is 0. The van der Waals surface area contributed by atoms with E-state index in [-0.39, 0.29) is 30.4 Å². The Morgan fingerprint density at radius 1 is 1.14 bits per heavy atom. The fourth-order valence-electron chi connectivity index (χ4n) is 3.93. The predicted octanol–water partition coefficient (Wildman–Crippen LogP) is 4.77. The van der Waals surface area contributed by atoms with E-state index in [1.165, 1.54) is 12.1 Å². The molecule has 0 spiro atoms. The molecule has 6 nitrogen and oxygen atoms in total. The minimum atomic E-state index is -4.47. The lowest BCUT2D eigenvalue weighted by molar-refractivity contribution is -0.158. The van der Waals surface area contributed by atoms with E-state index in [9.17, 15) is 18.0 Å². The molecule has 3 rings (SSSR count). The van der Waals surface area contributed by atoms with Gasteiger partial charge >= 0.3 is 6.18 Å². The van der Waals surface area contributed by atoms with Crippen molar-refractivity contribution in [3.8, 4) is 6.07 Å². The van der Waals surface area contributed by atoms with Crippen molar-refractivity contribution >= 4 is 5.91 Å². The largest absolute Gasteiger partial charge is 0.407 e. The van der Waals surface area contributed by atoms with Crippen LogP contribution in [0.1, 0.15) is 48.7 Å². The third-order valence-electron chi connectivity index (χ3n) is 6.26. The number of aromatic nitrogens is 2. The van der Waals surface area contributed by atoms with Gasteiger partial charge in [-0.05, 0) is 29.2 Å². The monoisotopic (exact) mass is 497 g/mol. The highest BCUT2D eigenvalue weighted by Gasteiger charge is 2.41. The number of nitrogens with one attached hydrogen (secondary N) is 2. The highest BCUT2D eigenvalue weighted by molar-refractivity contribution is 5.78. The first-order chi connectivity index (χ1) is 17.2. The van der Waals surface area contributed by atoms with Gasteiger partial charge in [0.1, 0.15) is 6.04 Å². The molecule has 1 unspecified atom stereocenters. The Labute approximate surface area is 209 Å². The Hall–Kier alpha value is -3.64. The van der Waals surface area contributed by atoms with E-state index in [2.05, 4.69) is 21.7 Å². The van der Waals surface area contributed by atoms with Gasteiger partial charge < -0.3 is 15.2 Å². The van der Waals surface area contributed by atoms with Gasteiger partial charge in [-0.25, -0.2) is 4.98 Å². The Morgan fingerprint density at radius 3 is 2.44 bits per heavy atom. The third kappa shape index (κ3) is 7.43. The number of carbonyl (C=O) groups excluding carboxylic acids is 1. The van der Waals surface area contributed by atoms with Crippen molar-refractivity contribution in [2.45, 2.75) is 51.5 Å². The van der Waals surface area contributed by atoms with E-state index < -0.39 is 18.3 Å². The average Bonchev–Trinajstić information content (AvgIpc) is 3.29. The van der Waals surface area contributed by atoms with Gasteiger partial charge in [-0.1, -0.05) is 62.7 Å². The molecule has 3 aromatic rings. The molecule has 0 aliphatic rings. The Kier molecular flexibility index (Phi) is 9.25. The number of imidazole rings is 1. The summed E-state index contributed by atoms with van der Waals surface area (Å²) in [6.45, 7) is 4.31. The molecule has 1 amide bonds. The van der Waals surface area contributed by atoms with Crippen molar-refractivity contribution in [3.05, 3.63) is 89.5 Å². The van der Waals surface area contributed by atoms with Crippen LogP contribution in [0.25, 0.3) is 0 Å². The third-order valence-corrected chi connectivity index (χ3v) is 6.26. The highest BCUT2D eigenvalue weighted by Crippen LogP contribution is 2.32. The summed E-state index contributed by atoms with van der Waals surface area (Å²) in [6.07, 6.45) is -0.490. The summed E-state index contributed by atoms with van der Waals surface area (Å²) in [4.78, 5) is 17.1. The summed E-state index contributed by atoms with van der Waals surface area (Å²) in [5, 5.41) is 14.5. The molecule has 9 heteroatoms. The second-order valence-electron chi connectivity index (χ2n) is 8.85. The molecule has 3 atom stereocenters. The Bertz CT molecular complexity index is 1150.